The molecule has 0 aliphatic carbocycles. The van der Waals surface area contributed by atoms with Crippen molar-refractivity contribution in [2.45, 2.75) is 13.8 Å². The van der Waals surface area contributed by atoms with Crippen LogP contribution in [0, 0.1) is 12.8 Å². The normalized spacial score (nSPS) is 18.7. The highest BCUT2D eigenvalue weighted by Gasteiger charge is 2.30. The van der Waals surface area contributed by atoms with Crippen LogP contribution in [0.1, 0.15) is 22.8 Å². The Bertz CT molecular complexity index is 583. The smallest absolute Gasteiger partial charge is 0.253 e. The lowest BCUT2D eigenvalue weighted by Crippen LogP contribution is -2.40. The van der Waals surface area contributed by atoms with E-state index in [4.69, 9.17) is 5.73 Å². The average molecular weight is 303 g/mol. The van der Waals surface area contributed by atoms with Gasteiger partial charge >= 0.3 is 0 Å². The van der Waals surface area contributed by atoms with Crippen molar-refractivity contribution in [2.24, 2.45) is 11.7 Å². The molecule has 0 radical (unpaired) electrons. The van der Waals surface area contributed by atoms with Gasteiger partial charge in [-0.3, -0.25) is 14.4 Å². The standard InChI is InChI=1S/C16H21N3O3/c1-11-3-5-13(6-4-11)16(22)19-8-7-18(12(2)20)9-14(10-19)15(17)21/h3-6,14H,7-10H2,1-2H3,(H2,17,21)/t14-/m0/s1. The van der Waals surface area contributed by atoms with Crippen LogP contribution in [0.15, 0.2) is 24.3 Å². The van der Waals surface area contributed by atoms with E-state index in [2.05, 4.69) is 0 Å². The second-order valence-corrected chi connectivity index (χ2v) is 5.68. The molecule has 118 valence electrons. The van der Waals surface area contributed by atoms with Crippen molar-refractivity contribution in [3.63, 3.8) is 0 Å². The topological polar surface area (TPSA) is 83.7 Å². The van der Waals surface area contributed by atoms with Crippen molar-refractivity contribution >= 4 is 17.7 Å². The molecule has 6 heteroatoms. The van der Waals surface area contributed by atoms with Crippen molar-refractivity contribution in [2.75, 3.05) is 26.2 Å². The van der Waals surface area contributed by atoms with Gasteiger partial charge in [0.15, 0.2) is 0 Å². The lowest BCUT2D eigenvalue weighted by Gasteiger charge is -2.22. The quantitative estimate of drug-likeness (QED) is 0.858. The van der Waals surface area contributed by atoms with Gasteiger partial charge in [-0.1, -0.05) is 17.7 Å². The number of carbonyl (C=O) groups is 3. The molecule has 1 fully saturated rings. The van der Waals surface area contributed by atoms with Crippen molar-refractivity contribution in [3.8, 4) is 0 Å². The maximum absolute atomic E-state index is 12.6. The Morgan fingerprint density at radius 2 is 1.59 bits per heavy atom. The van der Waals surface area contributed by atoms with Gasteiger partial charge in [-0.15, -0.1) is 0 Å². The van der Waals surface area contributed by atoms with E-state index in [0.29, 0.717) is 18.7 Å². The monoisotopic (exact) mass is 303 g/mol. The zero-order chi connectivity index (χ0) is 16.3. The fraction of sp³-hybridized carbons (Fsp3) is 0.438. The predicted octanol–water partition coefficient (Wildman–Crippen LogP) is 0.401. The molecule has 1 aliphatic rings. The van der Waals surface area contributed by atoms with E-state index >= 15 is 0 Å². The van der Waals surface area contributed by atoms with Crippen LogP contribution >= 0.6 is 0 Å². The number of rotatable bonds is 2. The van der Waals surface area contributed by atoms with E-state index in [-0.39, 0.29) is 24.9 Å². The summed E-state index contributed by atoms with van der Waals surface area (Å²) in [7, 11) is 0. The minimum Gasteiger partial charge on any atom is -0.369 e. The first-order valence-corrected chi connectivity index (χ1v) is 7.29. The van der Waals surface area contributed by atoms with Gasteiger partial charge < -0.3 is 15.5 Å². The first-order valence-electron chi connectivity index (χ1n) is 7.29. The molecule has 2 N–H and O–H groups in total. The van der Waals surface area contributed by atoms with Gasteiger partial charge in [0.05, 0.1) is 5.92 Å². The molecule has 1 aromatic rings. The molecular weight excluding hydrogens is 282 g/mol. The highest BCUT2D eigenvalue weighted by molar-refractivity contribution is 5.94. The number of hydrogen-bond donors (Lipinski definition) is 1. The average Bonchev–Trinajstić information content (AvgIpc) is 2.70. The van der Waals surface area contributed by atoms with E-state index in [1.807, 2.05) is 19.1 Å². The SMILES string of the molecule is CC(=O)N1CCN(C(=O)c2ccc(C)cc2)C[C@@H](C(N)=O)C1. The van der Waals surface area contributed by atoms with E-state index in [0.717, 1.165) is 5.56 Å². The molecule has 6 nitrogen and oxygen atoms in total. The maximum Gasteiger partial charge on any atom is 0.253 e. The van der Waals surface area contributed by atoms with Crippen molar-refractivity contribution in [3.05, 3.63) is 35.4 Å². The zero-order valence-corrected chi connectivity index (χ0v) is 12.9. The van der Waals surface area contributed by atoms with Gasteiger partial charge in [-0.25, -0.2) is 0 Å². The Labute approximate surface area is 129 Å². The highest BCUT2D eigenvalue weighted by Crippen LogP contribution is 2.14. The molecular formula is C16H21N3O3. The van der Waals surface area contributed by atoms with Crippen molar-refractivity contribution in [1.82, 2.24) is 9.80 Å². The predicted molar refractivity (Wildman–Crippen MR) is 82.0 cm³/mol. The van der Waals surface area contributed by atoms with Crippen LogP contribution in [-0.2, 0) is 9.59 Å². The molecule has 3 amide bonds. The molecule has 0 aromatic heterocycles. The number of nitrogens with zero attached hydrogens (tertiary/aromatic N) is 2. The number of nitrogens with two attached hydrogens (primary N) is 1. The van der Waals surface area contributed by atoms with Crippen molar-refractivity contribution < 1.29 is 14.4 Å². The summed E-state index contributed by atoms with van der Waals surface area (Å²) in [4.78, 5) is 38.9. The van der Waals surface area contributed by atoms with Gasteiger partial charge in [0.2, 0.25) is 11.8 Å². The minimum absolute atomic E-state index is 0.115. The van der Waals surface area contributed by atoms with Gasteiger partial charge in [-0.05, 0) is 19.1 Å². The van der Waals surface area contributed by atoms with Crippen LogP contribution in [0.25, 0.3) is 0 Å². The molecule has 1 saturated heterocycles. The Balaban J connectivity index is 2.19. The third-order valence-corrected chi connectivity index (χ3v) is 3.95. The van der Waals surface area contributed by atoms with Gasteiger partial charge in [-0.2, -0.15) is 0 Å². The number of carbonyl (C=O) groups excluding carboxylic acids is 3. The molecule has 0 unspecified atom stereocenters. The van der Waals surface area contributed by atoms with Crippen LogP contribution in [0.4, 0.5) is 0 Å². The molecule has 1 atom stereocenters. The number of aryl methyl sites for hydroxylation is 1. The third kappa shape index (κ3) is 3.63. The second kappa shape index (κ2) is 6.60. The third-order valence-electron chi connectivity index (χ3n) is 3.95. The van der Waals surface area contributed by atoms with E-state index in [9.17, 15) is 14.4 Å². The number of hydrogen-bond acceptors (Lipinski definition) is 3. The lowest BCUT2D eigenvalue weighted by molar-refractivity contribution is -0.130. The molecule has 1 heterocycles. The van der Waals surface area contributed by atoms with E-state index in [1.165, 1.54) is 6.92 Å². The molecule has 22 heavy (non-hydrogen) atoms. The maximum atomic E-state index is 12.6. The zero-order valence-electron chi connectivity index (χ0n) is 12.9. The summed E-state index contributed by atoms with van der Waals surface area (Å²) in [5.74, 6) is -1.29. The van der Waals surface area contributed by atoms with Crippen LogP contribution in [0.5, 0.6) is 0 Å². The Kier molecular flexibility index (Phi) is 4.80. The van der Waals surface area contributed by atoms with E-state index < -0.39 is 11.8 Å². The molecule has 1 aromatic carbocycles. The first-order chi connectivity index (χ1) is 10.4. The van der Waals surface area contributed by atoms with Gasteiger partial charge in [0.1, 0.15) is 0 Å². The number of benzene rings is 1. The fourth-order valence-corrected chi connectivity index (χ4v) is 2.54. The molecule has 0 spiro atoms. The molecule has 2 rings (SSSR count). The second-order valence-electron chi connectivity index (χ2n) is 5.68. The van der Waals surface area contributed by atoms with E-state index in [1.54, 1.807) is 21.9 Å². The Morgan fingerprint density at radius 1 is 1.05 bits per heavy atom. The van der Waals surface area contributed by atoms with Crippen LogP contribution in [-0.4, -0.2) is 53.7 Å². The van der Waals surface area contributed by atoms with Crippen molar-refractivity contribution in [1.29, 1.82) is 0 Å². The summed E-state index contributed by atoms with van der Waals surface area (Å²) >= 11 is 0. The number of primary amides is 1. The summed E-state index contributed by atoms with van der Waals surface area (Å²) in [6, 6.07) is 7.28. The Morgan fingerprint density at radius 3 is 2.14 bits per heavy atom. The number of amides is 3. The van der Waals surface area contributed by atoms with Crippen LogP contribution < -0.4 is 5.73 Å². The Hall–Kier alpha value is -2.37. The van der Waals surface area contributed by atoms with Crippen LogP contribution in [0.2, 0.25) is 0 Å². The largest absolute Gasteiger partial charge is 0.369 e. The van der Waals surface area contributed by atoms with Gasteiger partial charge in [0.25, 0.3) is 5.91 Å². The van der Waals surface area contributed by atoms with Gasteiger partial charge in [0, 0.05) is 38.7 Å². The molecule has 1 aliphatic heterocycles. The summed E-state index contributed by atoms with van der Waals surface area (Å²) in [5, 5.41) is 0. The molecule has 0 bridgehead atoms. The molecule has 0 saturated carbocycles. The van der Waals surface area contributed by atoms with Crippen LogP contribution in [0.3, 0.4) is 0 Å². The highest BCUT2D eigenvalue weighted by atomic mass is 16.2. The first kappa shape index (κ1) is 16.0. The fourth-order valence-electron chi connectivity index (χ4n) is 2.54. The summed E-state index contributed by atoms with van der Waals surface area (Å²) < 4.78 is 0. The summed E-state index contributed by atoms with van der Waals surface area (Å²) in [6.45, 7) is 4.73. The summed E-state index contributed by atoms with van der Waals surface area (Å²) in [6.07, 6.45) is 0. The minimum atomic E-state index is -0.541. The lowest BCUT2D eigenvalue weighted by atomic mass is 10.1. The summed E-state index contributed by atoms with van der Waals surface area (Å²) in [5.41, 5.74) is 7.05.